The smallest absolute Gasteiger partial charge is 0.123 e. The molecule has 0 saturated heterocycles. The zero-order valence-corrected chi connectivity index (χ0v) is 16.5. The van der Waals surface area contributed by atoms with E-state index < -0.39 is 0 Å². The van der Waals surface area contributed by atoms with Crippen LogP contribution in [-0.4, -0.2) is 34.6 Å². The van der Waals surface area contributed by atoms with Crippen LogP contribution in [0.4, 0.5) is 4.39 Å². The van der Waals surface area contributed by atoms with E-state index in [0.717, 1.165) is 58.9 Å². The first-order valence-corrected chi connectivity index (χ1v) is 10.6. The maximum atomic E-state index is 13.2. The van der Waals surface area contributed by atoms with Crippen LogP contribution in [0.15, 0.2) is 59.7 Å². The Morgan fingerprint density at radius 2 is 2.00 bits per heavy atom. The monoisotopic (exact) mass is 397 g/mol. The number of aliphatic imine (C=N–C) groups is 1. The molecule has 1 aliphatic heterocycles. The van der Waals surface area contributed by atoms with Crippen LogP contribution in [0.2, 0.25) is 0 Å². The minimum atomic E-state index is -0.230. The number of fused-ring (bicyclic) bond motifs is 1. The highest BCUT2D eigenvalue weighted by atomic mass is 32.2. The number of ether oxygens (including phenoxy) is 1. The summed E-state index contributed by atoms with van der Waals surface area (Å²) < 4.78 is 21.1. The van der Waals surface area contributed by atoms with Gasteiger partial charge >= 0.3 is 0 Å². The number of nitrogens with two attached hydrogens (primary N) is 1. The number of aromatic nitrogens is 1. The van der Waals surface area contributed by atoms with Gasteiger partial charge in [-0.2, -0.15) is 0 Å². The highest BCUT2D eigenvalue weighted by Crippen LogP contribution is 2.25. The number of unbranched alkanes of at least 4 members (excludes halogenated alkanes) is 1. The summed E-state index contributed by atoms with van der Waals surface area (Å²) >= 11 is 1.79. The third-order valence-corrected chi connectivity index (χ3v) is 5.99. The Hall–Kier alpha value is -2.31. The van der Waals surface area contributed by atoms with Crippen LogP contribution in [0, 0.1) is 5.82 Å². The lowest BCUT2D eigenvalue weighted by Gasteiger charge is -2.11. The number of nitrogens with zero attached hydrogens (tertiary/aromatic N) is 2. The second-order valence-corrected chi connectivity index (χ2v) is 8.02. The molecule has 2 heterocycles. The van der Waals surface area contributed by atoms with E-state index >= 15 is 0 Å². The van der Waals surface area contributed by atoms with Gasteiger partial charge in [0.25, 0.3) is 0 Å². The van der Waals surface area contributed by atoms with E-state index in [2.05, 4.69) is 4.99 Å². The lowest BCUT2D eigenvalue weighted by Crippen LogP contribution is -2.27. The van der Waals surface area contributed by atoms with Crippen molar-refractivity contribution in [2.75, 3.05) is 18.9 Å². The Kier molecular flexibility index (Phi) is 5.98. The fourth-order valence-electron chi connectivity index (χ4n) is 3.39. The number of hydrogen-bond acceptors (Lipinski definition) is 4. The summed E-state index contributed by atoms with van der Waals surface area (Å²) in [6.07, 6.45) is 4.95. The Balaban J connectivity index is 1.31. The van der Waals surface area contributed by atoms with Gasteiger partial charge in [0.2, 0.25) is 0 Å². The number of benzene rings is 2. The van der Waals surface area contributed by atoms with E-state index in [1.54, 1.807) is 23.9 Å². The minimum absolute atomic E-state index is 0.0788. The number of hydrogen-bond donors (Lipinski definition) is 1. The lowest BCUT2D eigenvalue weighted by molar-refractivity contribution is 0.305. The molecule has 1 unspecified atom stereocenters. The Morgan fingerprint density at radius 3 is 2.79 bits per heavy atom. The topological polar surface area (TPSA) is 52.5 Å². The minimum Gasteiger partial charge on any atom is -0.494 e. The van der Waals surface area contributed by atoms with Crippen LogP contribution in [0.5, 0.6) is 5.75 Å². The van der Waals surface area contributed by atoms with Gasteiger partial charge in [-0.3, -0.25) is 4.99 Å². The molecule has 146 valence electrons. The van der Waals surface area contributed by atoms with Crippen molar-refractivity contribution in [3.05, 3.63) is 60.5 Å². The summed E-state index contributed by atoms with van der Waals surface area (Å²) in [5, 5.41) is 2.21. The van der Waals surface area contributed by atoms with Gasteiger partial charge in [0, 0.05) is 29.6 Å². The molecule has 0 saturated carbocycles. The van der Waals surface area contributed by atoms with E-state index in [1.165, 1.54) is 12.1 Å². The van der Waals surface area contributed by atoms with Crippen LogP contribution in [-0.2, 0) is 0 Å². The van der Waals surface area contributed by atoms with Gasteiger partial charge in [-0.25, -0.2) is 4.39 Å². The summed E-state index contributed by atoms with van der Waals surface area (Å²) in [4.78, 5) is 4.44. The van der Waals surface area contributed by atoms with Crippen molar-refractivity contribution in [2.24, 2.45) is 10.7 Å². The van der Waals surface area contributed by atoms with E-state index in [4.69, 9.17) is 10.5 Å². The van der Waals surface area contributed by atoms with Crippen molar-refractivity contribution in [1.29, 1.82) is 0 Å². The lowest BCUT2D eigenvalue weighted by atomic mass is 10.1. The van der Waals surface area contributed by atoms with Gasteiger partial charge in [-0.05, 0) is 67.8 Å². The highest BCUT2D eigenvalue weighted by molar-refractivity contribution is 8.14. The molecule has 0 amide bonds. The molecule has 0 spiro atoms. The van der Waals surface area contributed by atoms with Crippen molar-refractivity contribution >= 4 is 27.7 Å². The molecule has 1 aromatic heterocycles. The quantitative estimate of drug-likeness (QED) is 0.556. The number of halogens is 1. The summed E-state index contributed by atoms with van der Waals surface area (Å²) in [5.41, 5.74) is 8.18. The van der Waals surface area contributed by atoms with E-state index in [1.807, 2.05) is 35.0 Å². The van der Waals surface area contributed by atoms with Gasteiger partial charge < -0.3 is 15.0 Å². The third-order valence-electron chi connectivity index (χ3n) is 4.87. The van der Waals surface area contributed by atoms with Gasteiger partial charge in [0.15, 0.2) is 0 Å². The maximum absolute atomic E-state index is 13.2. The van der Waals surface area contributed by atoms with Crippen LogP contribution in [0.1, 0.15) is 19.3 Å². The van der Waals surface area contributed by atoms with Crippen LogP contribution in [0.3, 0.4) is 0 Å². The molecule has 0 radical (unpaired) electrons. The molecule has 6 heteroatoms. The molecule has 2 aromatic carbocycles. The van der Waals surface area contributed by atoms with Crippen molar-refractivity contribution in [3.63, 3.8) is 0 Å². The molecule has 4 rings (SSSR count). The SMILES string of the molecule is NC(CCCCOc1ccc2c(ccn2-c2ccc(F)cc2)c1)C1=NCCS1. The zero-order valence-electron chi connectivity index (χ0n) is 15.7. The Morgan fingerprint density at radius 1 is 1.14 bits per heavy atom. The normalized spacial score (nSPS) is 15.0. The van der Waals surface area contributed by atoms with Crippen molar-refractivity contribution < 1.29 is 9.13 Å². The predicted molar refractivity (Wildman–Crippen MR) is 115 cm³/mol. The van der Waals surface area contributed by atoms with Crippen LogP contribution in [0.25, 0.3) is 16.6 Å². The average molecular weight is 398 g/mol. The molecule has 1 atom stereocenters. The van der Waals surface area contributed by atoms with Crippen molar-refractivity contribution in [1.82, 2.24) is 4.57 Å². The molecule has 28 heavy (non-hydrogen) atoms. The highest BCUT2D eigenvalue weighted by Gasteiger charge is 2.15. The van der Waals surface area contributed by atoms with Crippen LogP contribution >= 0.6 is 11.8 Å². The number of thioether (sulfide) groups is 1. The van der Waals surface area contributed by atoms with Crippen molar-refractivity contribution in [2.45, 2.75) is 25.3 Å². The summed E-state index contributed by atoms with van der Waals surface area (Å²) in [7, 11) is 0. The van der Waals surface area contributed by atoms with Gasteiger partial charge in [0.1, 0.15) is 11.6 Å². The Labute approximate surface area is 168 Å². The molecule has 4 nitrogen and oxygen atoms in total. The molecule has 2 N–H and O–H groups in total. The first-order chi connectivity index (χ1) is 13.7. The van der Waals surface area contributed by atoms with Crippen molar-refractivity contribution in [3.8, 4) is 11.4 Å². The zero-order chi connectivity index (χ0) is 19.3. The first kappa shape index (κ1) is 19.0. The fraction of sp³-hybridized carbons (Fsp3) is 0.318. The summed E-state index contributed by atoms with van der Waals surface area (Å²) in [6.45, 7) is 1.58. The van der Waals surface area contributed by atoms with Crippen LogP contribution < -0.4 is 10.5 Å². The fourth-order valence-corrected chi connectivity index (χ4v) is 4.30. The summed E-state index contributed by atoms with van der Waals surface area (Å²) in [6, 6.07) is 14.7. The molecular formula is C22H24FN3OS. The maximum Gasteiger partial charge on any atom is 0.123 e. The van der Waals surface area contributed by atoms with Gasteiger partial charge in [-0.1, -0.05) is 0 Å². The van der Waals surface area contributed by atoms with E-state index in [9.17, 15) is 4.39 Å². The second-order valence-electron chi connectivity index (χ2n) is 6.90. The molecule has 1 aliphatic rings. The third kappa shape index (κ3) is 4.39. The molecule has 0 aliphatic carbocycles. The molecular weight excluding hydrogens is 373 g/mol. The van der Waals surface area contributed by atoms with Gasteiger partial charge in [0.05, 0.1) is 23.2 Å². The first-order valence-electron chi connectivity index (χ1n) is 9.63. The largest absolute Gasteiger partial charge is 0.494 e. The summed E-state index contributed by atoms with van der Waals surface area (Å²) in [5.74, 6) is 1.70. The molecule has 0 fully saturated rings. The Bertz CT molecular complexity index is 968. The van der Waals surface area contributed by atoms with E-state index in [0.29, 0.717) is 6.61 Å². The van der Waals surface area contributed by atoms with E-state index in [-0.39, 0.29) is 11.9 Å². The number of rotatable bonds is 8. The second kappa shape index (κ2) is 8.80. The molecule has 3 aromatic rings. The standard InChI is InChI=1S/C22H24FN3OS/c23-17-4-6-18(7-5-17)26-12-10-16-15-19(8-9-21(16)26)27-13-2-1-3-20(24)22-25-11-14-28-22/h4-10,12,15,20H,1-3,11,13-14,24H2. The van der Waals surface area contributed by atoms with Gasteiger partial charge in [-0.15, -0.1) is 11.8 Å². The molecule has 0 bridgehead atoms. The predicted octanol–water partition coefficient (Wildman–Crippen LogP) is 4.79. The average Bonchev–Trinajstić information content (AvgIpc) is 3.38.